The molecule has 0 spiro atoms. The van der Waals surface area contributed by atoms with Gasteiger partial charge in [0.2, 0.25) is 0 Å². The summed E-state index contributed by atoms with van der Waals surface area (Å²) < 4.78 is 0. The number of thiol groups is 2. The van der Waals surface area contributed by atoms with Gasteiger partial charge in [0.25, 0.3) is 0 Å². The van der Waals surface area contributed by atoms with E-state index in [0.717, 1.165) is 11.5 Å². The zero-order valence-corrected chi connectivity index (χ0v) is 14.1. The monoisotopic (exact) mass is 330 g/mol. The van der Waals surface area contributed by atoms with Crippen molar-refractivity contribution in [1.82, 2.24) is 0 Å². The number of rotatable bonds is 5. The maximum atomic E-state index is 11.4. The van der Waals surface area contributed by atoms with Gasteiger partial charge in [-0.3, -0.25) is 9.59 Å². The van der Waals surface area contributed by atoms with Gasteiger partial charge in [-0.25, -0.2) is 0 Å². The van der Waals surface area contributed by atoms with Crippen molar-refractivity contribution in [2.75, 3.05) is 11.5 Å². The maximum absolute atomic E-state index is 11.4. The van der Waals surface area contributed by atoms with Crippen LogP contribution in [0.25, 0.3) is 0 Å². The third-order valence-electron chi connectivity index (χ3n) is 1.67. The van der Waals surface area contributed by atoms with Crippen molar-refractivity contribution < 1.29 is 9.59 Å². The summed E-state index contributed by atoms with van der Waals surface area (Å²) in [6, 6.07) is 0. The van der Waals surface area contributed by atoms with Gasteiger partial charge < -0.3 is 0 Å². The first-order chi connectivity index (χ1) is 5.61. The van der Waals surface area contributed by atoms with E-state index in [9.17, 15) is 9.59 Å². The summed E-state index contributed by atoms with van der Waals surface area (Å²) in [4.78, 5) is 21.8. The van der Waals surface area contributed by atoms with Crippen molar-refractivity contribution >= 4 is 57.7 Å². The molecule has 0 atom stereocenters. The van der Waals surface area contributed by atoms with E-state index in [1.54, 1.807) is 0 Å². The van der Waals surface area contributed by atoms with Crippen molar-refractivity contribution in [2.24, 2.45) is 0 Å². The van der Waals surface area contributed by atoms with Crippen molar-refractivity contribution in [3.05, 3.63) is 0 Å². The first-order valence-corrected chi connectivity index (χ1v) is 6.27. The van der Waals surface area contributed by atoms with Gasteiger partial charge in [0.15, 0.2) is 10.2 Å². The minimum absolute atomic E-state index is 0. The number of carbonyl (C=O) groups is 2. The van der Waals surface area contributed by atoms with Crippen molar-refractivity contribution in [2.45, 2.75) is 26.7 Å². The molecule has 2 radical (unpaired) electrons. The number of carbonyl (C=O) groups excluding carboxylic acids is 2. The fourth-order valence-corrected chi connectivity index (χ4v) is 2.64. The Morgan fingerprint density at radius 3 is 1.92 bits per heavy atom. The van der Waals surface area contributed by atoms with Crippen LogP contribution in [0.1, 0.15) is 26.7 Å². The molecular weight excluding hydrogens is 311 g/mol. The van der Waals surface area contributed by atoms with Crippen molar-refractivity contribution in [3.8, 4) is 0 Å². The Morgan fingerprint density at radius 2 is 1.62 bits per heavy atom. The van der Waals surface area contributed by atoms with Crippen molar-refractivity contribution in [3.63, 3.8) is 0 Å². The molecule has 0 amide bonds. The van der Waals surface area contributed by atoms with Crippen LogP contribution >= 0.6 is 23.5 Å². The normalized spacial score (nSPS) is 10.2. The molecule has 13 heavy (non-hydrogen) atoms. The average Bonchev–Trinajstić information content (AvgIpc) is 2.03. The van der Waals surface area contributed by atoms with Gasteiger partial charge in [-0.05, 0) is 11.5 Å². The van der Waals surface area contributed by atoms with Gasteiger partial charge in [0.05, 0.1) is 0 Å². The standard InChI is InChI=1S/C8H16O2S2.Sn.2H/c1-3-12(4-2)8(10)6-5-7(9)11;;;/h12H,3-6H2,1-2H3,(H,9,11);;;. The molecule has 0 aliphatic carbocycles. The third-order valence-corrected chi connectivity index (χ3v) is 4.35. The van der Waals surface area contributed by atoms with Crippen LogP contribution in [-0.2, 0) is 9.59 Å². The van der Waals surface area contributed by atoms with Gasteiger partial charge in [-0.2, -0.15) is 10.9 Å². The zero-order chi connectivity index (χ0) is 9.56. The predicted octanol–water partition coefficient (Wildman–Crippen LogP) is 0.874. The van der Waals surface area contributed by atoms with Gasteiger partial charge in [0.1, 0.15) is 0 Å². The van der Waals surface area contributed by atoms with E-state index in [4.69, 9.17) is 0 Å². The van der Waals surface area contributed by atoms with Crippen LogP contribution in [0.15, 0.2) is 0 Å². The molecule has 5 heteroatoms. The van der Waals surface area contributed by atoms with E-state index in [1.807, 2.05) is 13.8 Å². The SMILES string of the molecule is CC[SH](CC)C(=O)CCC(=O)S.[SnH2]. The fourth-order valence-electron chi connectivity index (χ4n) is 0.948. The summed E-state index contributed by atoms with van der Waals surface area (Å²) >= 11 is 3.62. The predicted molar refractivity (Wildman–Crippen MR) is 66.8 cm³/mol. The topological polar surface area (TPSA) is 34.1 Å². The molecule has 0 saturated carbocycles. The molecule has 0 rings (SSSR count). The van der Waals surface area contributed by atoms with Crippen LogP contribution in [0.5, 0.6) is 0 Å². The minimum atomic E-state index is -0.473. The zero-order valence-electron chi connectivity index (χ0n) is 8.25. The molecule has 0 fully saturated rings. The molecule has 0 aromatic rings. The number of hydrogen-bond acceptors (Lipinski definition) is 2. The van der Waals surface area contributed by atoms with Gasteiger partial charge in [-0.1, -0.05) is 13.8 Å². The fraction of sp³-hybridized carbons (Fsp3) is 0.750. The van der Waals surface area contributed by atoms with E-state index in [1.165, 1.54) is 0 Å². The van der Waals surface area contributed by atoms with E-state index < -0.39 is 10.9 Å². The Balaban J connectivity index is 0. The Hall–Kier alpha value is 0.839. The van der Waals surface area contributed by atoms with Crippen LogP contribution < -0.4 is 0 Å². The van der Waals surface area contributed by atoms with E-state index in [-0.39, 0.29) is 34.1 Å². The summed E-state index contributed by atoms with van der Waals surface area (Å²) in [5.41, 5.74) is 0. The second kappa shape index (κ2) is 9.40. The second-order valence-corrected chi connectivity index (χ2v) is 5.80. The molecular formula is C8H18O2S2Sn. The molecule has 0 saturated heterocycles. The van der Waals surface area contributed by atoms with Gasteiger partial charge >= 0.3 is 23.9 Å². The van der Waals surface area contributed by atoms with E-state index in [2.05, 4.69) is 12.6 Å². The van der Waals surface area contributed by atoms with Gasteiger partial charge in [-0.15, -0.1) is 12.6 Å². The summed E-state index contributed by atoms with van der Waals surface area (Å²) in [6.45, 7) is 4.05. The summed E-state index contributed by atoms with van der Waals surface area (Å²) in [7, 11) is -0.473. The molecule has 0 bridgehead atoms. The summed E-state index contributed by atoms with van der Waals surface area (Å²) in [5, 5.41) is 0.0721. The molecule has 0 aliphatic heterocycles. The van der Waals surface area contributed by atoms with Crippen LogP contribution in [0.3, 0.4) is 0 Å². The van der Waals surface area contributed by atoms with Gasteiger partial charge in [0, 0.05) is 12.8 Å². The Morgan fingerprint density at radius 1 is 1.15 bits per heavy atom. The first-order valence-electron chi connectivity index (χ1n) is 4.11. The molecule has 0 heterocycles. The quantitative estimate of drug-likeness (QED) is 0.580. The first kappa shape index (κ1) is 16.3. The van der Waals surface area contributed by atoms with E-state index >= 15 is 0 Å². The molecule has 0 unspecified atom stereocenters. The average molecular weight is 329 g/mol. The Bertz CT molecular complexity index is 170. The van der Waals surface area contributed by atoms with Crippen LogP contribution in [-0.4, -0.2) is 45.6 Å². The number of hydrogen-bond donors (Lipinski definition) is 2. The van der Waals surface area contributed by atoms with Crippen molar-refractivity contribution in [1.29, 1.82) is 0 Å². The third kappa shape index (κ3) is 7.88. The second-order valence-electron chi connectivity index (χ2n) is 2.46. The Kier molecular flexibility index (Phi) is 11.8. The summed E-state index contributed by atoms with van der Waals surface area (Å²) in [6.07, 6.45) is 0.677. The molecule has 78 valence electrons. The van der Waals surface area contributed by atoms with Crippen LogP contribution in [0.4, 0.5) is 0 Å². The summed E-state index contributed by atoms with van der Waals surface area (Å²) in [5.74, 6) is 1.87. The molecule has 0 aromatic carbocycles. The molecule has 0 aliphatic rings. The van der Waals surface area contributed by atoms with Crippen LogP contribution in [0, 0.1) is 0 Å². The molecule has 2 nitrogen and oxygen atoms in total. The van der Waals surface area contributed by atoms with E-state index in [0.29, 0.717) is 12.8 Å². The molecule has 0 N–H and O–H groups in total. The van der Waals surface area contributed by atoms with Crippen LogP contribution in [0.2, 0.25) is 0 Å². The Labute approximate surface area is 105 Å². The molecule has 0 aromatic heterocycles.